The quantitative estimate of drug-likeness (QED) is 0.333. The summed E-state index contributed by atoms with van der Waals surface area (Å²) >= 11 is 0. The molecule has 0 bridgehead atoms. The Balaban J connectivity index is 2.63. The standard InChI is InChI=1S/C18H30F4O4/c1-16(2,3)15(23)26-14(18(21,22)12-17(4,19)20)11-25-10-7-13-5-8-24-9-6-13/h13-14H,5-12H2,1-4H3. The molecule has 0 spiro atoms. The van der Waals surface area contributed by atoms with Crippen molar-refractivity contribution in [2.45, 2.75) is 71.3 Å². The highest BCUT2D eigenvalue weighted by Gasteiger charge is 2.49. The molecule has 0 radical (unpaired) electrons. The molecule has 8 heteroatoms. The zero-order valence-corrected chi connectivity index (χ0v) is 16.0. The summed E-state index contributed by atoms with van der Waals surface area (Å²) in [4.78, 5) is 12.0. The van der Waals surface area contributed by atoms with Crippen molar-refractivity contribution < 1.29 is 36.6 Å². The van der Waals surface area contributed by atoms with Crippen LogP contribution in [0.4, 0.5) is 17.6 Å². The molecule has 0 amide bonds. The molecule has 0 saturated carbocycles. The van der Waals surface area contributed by atoms with Crippen LogP contribution in [-0.2, 0) is 19.0 Å². The number of esters is 1. The van der Waals surface area contributed by atoms with Gasteiger partial charge in [0.15, 0.2) is 6.10 Å². The summed E-state index contributed by atoms with van der Waals surface area (Å²) in [6.45, 7) is 5.84. The first-order chi connectivity index (χ1) is 11.8. The molecule has 1 atom stereocenters. The van der Waals surface area contributed by atoms with Gasteiger partial charge in [0.2, 0.25) is 0 Å². The smallest absolute Gasteiger partial charge is 0.311 e. The Morgan fingerprint density at radius 3 is 2.19 bits per heavy atom. The molecule has 26 heavy (non-hydrogen) atoms. The molecule has 1 saturated heterocycles. The van der Waals surface area contributed by atoms with E-state index in [0.717, 1.165) is 12.8 Å². The molecule has 1 aliphatic rings. The van der Waals surface area contributed by atoms with Crippen LogP contribution in [0.1, 0.15) is 53.4 Å². The van der Waals surface area contributed by atoms with E-state index in [-0.39, 0.29) is 6.61 Å². The minimum absolute atomic E-state index is 0.201. The number of hydrogen-bond acceptors (Lipinski definition) is 4. The van der Waals surface area contributed by atoms with Crippen LogP contribution in [-0.4, -0.2) is 50.3 Å². The van der Waals surface area contributed by atoms with Gasteiger partial charge in [0.25, 0.3) is 11.8 Å². The van der Waals surface area contributed by atoms with Gasteiger partial charge in [0.1, 0.15) is 0 Å². The second kappa shape index (κ2) is 9.35. The van der Waals surface area contributed by atoms with E-state index in [2.05, 4.69) is 0 Å². The number of carbonyl (C=O) groups excluding carboxylic acids is 1. The minimum atomic E-state index is -3.89. The molecule has 0 aromatic rings. The van der Waals surface area contributed by atoms with Crippen LogP contribution in [0.15, 0.2) is 0 Å². The number of halogens is 4. The van der Waals surface area contributed by atoms with Gasteiger partial charge in [0.05, 0.1) is 18.4 Å². The lowest BCUT2D eigenvalue weighted by Crippen LogP contribution is -2.45. The van der Waals surface area contributed by atoms with Crippen LogP contribution in [0.2, 0.25) is 0 Å². The van der Waals surface area contributed by atoms with E-state index in [4.69, 9.17) is 14.2 Å². The summed E-state index contributed by atoms with van der Waals surface area (Å²) in [5.74, 6) is -7.97. The molecular weight excluding hydrogens is 356 g/mol. The molecule has 1 aliphatic heterocycles. The Morgan fingerprint density at radius 1 is 1.12 bits per heavy atom. The lowest BCUT2D eigenvalue weighted by Gasteiger charge is -2.31. The lowest BCUT2D eigenvalue weighted by atomic mass is 9.97. The van der Waals surface area contributed by atoms with Crippen molar-refractivity contribution in [3.05, 3.63) is 0 Å². The Morgan fingerprint density at radius 2 is 1.69 bits per heavy atom. The number of alkyl halides is 4. The molecule has 4 nitrogen and oxygen atoms in total. The van der Waals surface area contributed by atoms with Gasteiger partial charge in [-0.1, -0.05) is 0 Å². The number of rotatable bonds is 9. The maximum atomic E-state index is 14.3. The van der Waals surface area contributed by atoms with Crippen LogP contribution >= 0.6 is 0 Å². The third-order valence-electron chi connectivity index (χ3n) is 4.16. The van der Waals surface area contributed by atoms with Crippen LogP contribution in [0.5, 0.6) is 0 Å². The monoisotopic (exact) mass is 386 g/mol. The summed E-state index contributed by atoms with van der Waals surface area (Å²) in [5, 5.41) is 0. The Bertz CT molecular complexity index is 437. The van der Waals surface area contributed by atoms with Crippen LogP contribution in [0.25, 0.3) is 0 Å². The highest BCUT2D eigenvalue weighted by atomic mass is 19.3. The minimum Gasteiger partial charge on any atom is -0.453 e. The maximum Gasteiger partial charge on any atom is 0.311 e. The van der Waals surface area contributed by atoms with Gasteiger partial charge in [-0.05, 0) is 52.9 Å². The number of carbonyl (C=O) groups is 1. The molecule has 0 aromatic carbocycles. The third-order valence-corrected chi connectivity index (χ3v) is 4.16. The van der Waals surface area contributed by atoms with E-state index < -0.39 is 42.4 Å². The zero-order chi connectivity index (χ0) is 20.0. The van der Waals surface area contributed by atoms with E-state index in [1.807, 2.05) is 0 Å². The first kappa shape index (κ1) is 23.1. The summed E-state index contributed by atoms with van der Waals surface area (Å²) in [6, 6.07) is 0. The molecule has 1 unspecified atom stereocenters. The molecule has 1 heterocycles. The first-order valence-corrected chi connectivity index (χ1v) is 8.93. The first-order valence-electron chi connectivity index (χ1n) is 8.93. The Kier molecular flexibility index (Phi) is 8.33. The van der Waals surface area contributed by atoms with Gasteiger partial charge in [0, 0.05) is 19.8 Å². The van der Waals surface area contributed by atoms with E-state index in [9.17, 15) is 22.4 Å². The van der Waals surface area contributed by atoms with Crippen LogP contribution < -0.4 is 0 Å². The van der Waals surface area contributed by atoms with Crippen molar-refractivity contribution in [3.8, 4) is 0 Å². The molecule has 0 N–H and O–H groups in total. The number of ether oxygens (including phenoxy) is 3. The summed E-state index contributed by atoms with van der Waals surface area (Å²) in [6.07, 6.45) is -1.33. The van der Waals surface area contributed by atoms with Gasteiger partial charge in [-0.25, -0.2) is 17.6 Å². The fourth-order valence-electron chi connectivity index (χ4n) is 2.55. The van der Waals surface area contributed by atoms with E-state index in [1.54, 1.807) is 0 Å². The van der Waals surface area contributed by atoms with Gasteiger partial charge in [-0.15, -0.1) is 0 Å². The zero-order valence-electron chi connectivity index (χ0n) is 16.0. The van der Waals surface area contributed by atoms with Crippen molar-refractivity contribution in [2.24, 2.45) is 11.3 Å². The third kappa shape index (κ3) is 8.66. The van der Waals surface area contributed by atoms with Crippen molar-refractivity contribution >= 4 is 5.97 Å². The second-order valence-corrected chi connectivity index (χ2v) is 8.07. The lowest BCUT2D eigenvalue weighted by molar-refractivity contribution is -0.206. The summed E-state index contributed by atoms with van der Waals surface area (Å²) in [7, 11) is 0. The fraction of sp³-hybridized carbons (Fsp3) is 0.944. The predicted octanol–water partition coefficient (Wildman–Crippen LogP) is 4.46. The van der Waals surface area contributed by atoms with Crippen molar-refractivity contribution in [1.29, 1.82) is 0 Å². The SMILES string of the molecule is CC(F)(F)CC(F)(F)C(COCCC1CCOCC1)OC(=O)C(C)(C)C. The van der Waals surface area contributed by atoms with Crippen LogP contribution in [0, 0.1) is 11.3 Å². The topological polar surface area (TPSA) is 44.8 Å². The highest BCUT2D eigenvalue weighted by molar-refractivity contribution is 5.75. The van der Waals surface area contributed by atoms with Crippen molar-refractivity contribution in [2.75, 3.05) is 26.4 Å². The fourth-order valence-corrected chi connectivity index (χ4v) is 2.55. The van der Waals surface area contributed by atoms with Gasteiger partial charge in [-0.3, -0.25) is 4.79 Å². The van der Waals surface area contributed by atoms with Gasteiger partial charge in [-0.2, -0.15) is 0 Å². The van der Waals surface area contributed by atoms with Gasteiger partial charge >= 0.3 is 5.97 Å². The number of hydrogen-bond donors (Lipinski definition) is 0. The summed E-state index contributed by atoms with van der Waals surface area (Å²) < 4.78 is 70.1. The highest BCUT2D eigenvalue weighted by Crippen LogP contribution is 2.35. The largest absolute Gasteiger partial charge is 0.453 e. The maximum absolute atomic E-state index is 14.3. The average molecular weight is 386 g/mol. The molecular formula is C18H30F4O4. The molecule has 1 fully saturated rings. The Hall–Kier alpha value is -0.890. The second-order valence-electron chi connectivity index (χ2n) is 8.07. The molecule has 1 rings (SSSR count). The normalized spacial score (nSPS) is 18.6. The van der Waals surface area contributed by atoms with E-state index in [0.29, 0.717) is 32.5 Å². The summed E-state index contributed by atoms with van der Waals surface area (Å²) in [5.41, 5.74) is -1.02. The van der Waals surface area contributed by atoms with Crippen molar-refractivity contribution in [1.82, 2.24) is 0 Å². The van der Waals surface area contributed by atoms with Gasteiger partial charge < -0.3 is 14.2 Å². The average Bonchev–Trinajstić information content (AvgIpc) is 2.47. The van der Waals surface area contributed by atoms with Crippen LogP contribution in [0.3, 0.4) is 0 Å². The van der Waals surface area contributed by atoms with E-state index in [1.165, 1.54) is 20.8 Å². The van der Waals surface area contributed by atoms with Crippen molar-refractivity contribution in [3.63, 3.8) is 0 Å². The Labute approximate surface area is 152 Å². The molecule has 0 aromatic heterocycles. The molecule has 154 valence electrons. The molecule has 0 aliphatic carbocycles. The van der Waals surface area contributed by atoms with E-state index >= 15 is 0 Å². The predicted molar refractivity (Wildman–Crippen MR) is 88.5 cm³/mol.